The summed E-state index contributed by atoms with van der Waals surface area (Å²) < 4.78 is 13.8. The van der Waals surface area contributed by atoms with E-state index in [0.29, 0.717) is 0 Å². The Morgan fingerprint density at radius 1 is 0.205 bits per heavy atom. The van der Waals surface area contributed by atoms with Gasteiger partial charge in [-0.15, -0.1) is 0 Å². The summed E-state index contributed by atoms with van der Waals surface area (Å²) in [4.78, 5) is 10.3. The molecule has 20 aromatic carbocycles. The molecule has 4 aliphatic rings. The van der Waals surface area contributed by atoms with Crippen molar-refractivity contribution in [2.45, 2.75) is 52.4 Å². The molecule has 602 valence electrons. The van der Waals surface area contributed by atoms with Gasteiger partial charge < -0.3 is 29.1 Å². The smallest absolute Gasteiger partial charge is 0.252 e. The minimum atomic E-state index is -0.397. The molecule has 7 heteroatoms. The van der Waals surface area contributed by atoms with E-state index in [1.165, 1.54) is 48.9 Å². The van der Waals surface area contributed by atoms with Crippen LogP contribution in [0.25, 0.3) is 121 Å². The molecule has 0 spiro atoms. The molecule has 4 heterocycles. The van der Waals surface area contributed by atoms with Gasteiger partial charge in [-0.3, -0.25) is 0 Å². The van der Waals surface area contributed by atoms with Crippen molar-refractivity contribution in [2.75, 3.05) is 19.6 Å². The average molecular weight is 1630 g/mol. The number of hydrogen-bond acceptors (Lipinski definition) is 6. The van der Waals surface area contributed by atoms with Crippen molar-refractivity contribution in [3.8, 4) is 101 Å². The van der Waals surface area contributed by atoms with Gasteiger partial charge in [0.15, 0.2) is 23.0 Å². The summed E-state index contributed by atoms with van der Waals surface area (Å²) in [5, 5.41) is 9.59. The molecule has 0 saturated carbocycles. The molecule has 0 fully saturated rings. The zero-order valence-electron chi connectivity index (χ0n) is 71.5. The largest absolute Gasteiger partial charge is 0.453 e. The number of hydrogen-bond donors (Lipinski definition) is 0. The van der Waals surface area contributed by atoms with Crippen LogP contribution < -0.4 is 45.5 Å². The van der Waals surface area contributed by atoms with Gasteiger partial charge in [0.25, 0.3) is 6.71 Å². The highest BCUT2D eigenvalue weighted by atomic mass is 16.5. The Kier molecular flexibility index (Phi) is 17.4. The monoisotopic (exact) mass is 1630 g/mol. The number of nitrogens with zero attached hydrogens (tertiary/aromatic N) is 4. The first kappa shape index (κ1) is 75.1. The minimum absolute atomic E-state index is 0.178. The van der Waals surface area contributed by atoms with Gasteiger partial charge in [-0.1, -0.05) is 345 Å². The molecule has 0 atom stereocenters. The molecule has 0 unspecified atom stereocenters. The third-order valence-electron chi connectivity index (χ3n) is 26.6. The normalized spacial score (nSPS) is 13.0. The molecule has 0 radical (unpaired) electrons. The number of para-hydroxylation sites is 10. The lowest BCUT2D eigenvalue weighted by Crippen LogP contribution is -2.61. The van der Waals surface area contributed by atoms with Crippen molar-refractivity contribution in [3.05, 3.63) is 430 Å². The third-order valence-corrected chi connectivity index (χ3v) is 26.6. The first-order chi connectivity index (χ1) is 62.2. The van der Waals surface area contributed by atoms with E-state index < -0.39 is 6.71 Å². The number of anilines is 12. The summed E-state index contributed by atoms with van der Waals surface area (Å²) in [6, 6.07) is 157. The molecule has 6 nitrogen and oxygen atoms in total. The van der Waals surface area contributed by atoms with Gasteiger partial charge in [0, 0.05) is 56.4 Å². The van der Waals surface area contributed by atoms with Gasteiger partial charge in [0.05, 0.1) is 34.1 Å². The van der Waals surface area contributed by atoms with Crippen molar-refractivity contribution in [3.63, 3.8) is 0 Å². The van der Waals surface area contributed by atoms with E-state index in [2.05, 4.69) is 480 Å². The second-order valence-electron chi connectivity index (χ2n) is 36.3. The third kappa shape index (κ3) is 12.6. The zero-order valence-corrected chi connectivity index (χ0v) is 71.5. The molecule has 20 aromatic rings. The number of ether oxygens (including phenoxy) is 2. The summed E-state index contributed by atoms with van der Waals surface area (Å²) in [6.07, 6.45) is 0. The summed E-state index contributed by atoms with van der Waals surface area (Å²) in [5.41, 5.74) is 33.0. The second-order valence-corrected chi connectivity index (χ2v) is 36.3. The number of fused-ring (bicyclic) bond motifs is 14. The summed E-state index contributed by atoms with van der Waals surface area (Å²) in [6.45, 7) is 13.6. The number of rotatable bonds is 11. The fourth-order valence-corrected chi connectivity index (χ4v) is 20.4. The zero-order chi connectivity index (χ0) is 84.9. The lowest BCUT2D eigenvalue weighted by molar-refractivity contribution is 0.477. The lowest BCUT2D eigenvalue weighted by Gasteiger charge is -2.46. The summed E-state index contributed by atoms with van der Waals surface area (Å²) in [5.74, 6) is 3.12. The second kappa shape index (κ2) is 29.5. The fourth-order valence-electron chi connectivity index (χ4n) is 20.4. The van der Waals surface area contributed by atoms with Crippen LogP contribution in [0.4, 0.5) is 68.2 Å². The molecule has 0 aromatic heterocycles. The van der Waals surface area contributed by atoms with E-state index >= 15 is 0 Å². The fraction of sp³-hybridized carbons (Fsp3) is 0.0667. The van der Waals surface area contributed by atoms with Crippen molar-refractivity contribution < 1.29 is 9.47 Å². The maximum atomic E-state index is 6.93. The van der Waals surface area contributed by atoms with Crippen LogP contribution in [0.2, 0.25) is 0 Å². The molecule has 24 rings (SSSR count). The molecule has 127 heavy (non-hydrogen) atoms. The standard InChI is InChI=1S/C120H87BN4O2/c1-119(2,3)90-37-25-35-80(70-90)98-41-27-42-99(81-36-26-38-91(71-81)120(4,5)6)117(98)124-108-74-92(122-104-45-17-21-49-112(104)126-113-50-22-18-46-105(113)122)59-63-102(108)121-103-64-60-93(123-106-47-19-23-51-114(106)127-115-52-24-20-48-107(115)123)75-109(103)125(111-73-89(72-110(124)116(111)121)88-68-86(76-29-9-7-10-30-76)67-87(69-88)77-31-11-8-12-32-77)118-100(84-57-61-96-82(65-84)55-53-78-33-13-15-39-94(78)96)43-28-44-101(118)85-58-62-97-83(66-85)56-54-79-34-14-16-40-95(79)97/h7-75H,1-6H3. The highest BCUT2D eigenvalue weighted by molar-refractivity contribution is 7.00. The lowest BCUT2D eigenvalue weighted by atomic mass is 9.33. The van der Waals surface area contributed by atoms with Gasteiger partial charge in [0.1, 0.15) is 0 Å². The number of benzene rings is 20. The molecule has 0 aliphatic carbocycles. The Morgan fingerprint density at radius 2 is 0.528 bits per heavy atom. The van der Waals surface area contributed by atoms with Crippen LogP contribution in [0, 0.1) is 0 Å². The maximum absolute atomic E-state index is 6.93. The van der Waals surface area contributed by atoms with E-state index in [0.717, 1.165) is 191 Å². The van der Waals surface area contributed by atoms with Gasteiger partial charge in [-0.25, -0.2) is 0 Å². The molecule has 0 amide bonds. The molecular formula is C120H87BN4O2. The highest BCUT2D eigenvalue weighted by Crippen LogP contribution is 2.59. The Bertz CT molecular complexity index is 7550. The van der Waals surface area contributed by atoms with E-state index in [4.69, 9.17) is 9.47 Å². The van der Waals surface area contributed by atoms with Crippen molar-refractivity contribution >= 4 is 134 Å². The van der Waals surface area contributed by atoms with Crippen molar-refractivity contribution in [1.82, 2.24) is 0 Å². The topological polar surface area (TPSA) is 31.4 Å². The molecular weight excluding hydrogens is 1540 g/mol. The van der Waals surface area contributed by atoms with E-state index in [-0.39, 0.29) is 10.8 Å². The summed E-state index contributed by atoms with van der Waals surface area (Å²) >= 11 is 0. The quantitative estimate of drug-likeness (QED) is 0.0948. The Labute approximate surface area is 741 Å². The van der Waals surface area contributed by atoms with Crippen LogP contribution in [-0.2, 0) is 10.8 Å². The minimum Gasteiger partial charge on any atom is -0.453 e. The molecule has 0 bridgehead atoms. The Balaban J connectivity index is 0.885. The predicted molar refractivity (Wildman–Crippen MR) is 535 cm³/mol. The van der Waals surface area contributed by atoms with Crippen LogP contribution in [-0.4, -0.2) is 6.71 Å². The van der Waals surface area contributed by atoms with Gasteiger partial charge >= 0.3 is 0 Å². The molecule has 4 aliphatic heterocycles. The van der Waals surface area contributed by atoms with Crippen molar-refractivity contribution in [1.29, 1.82) is 0 Å². The van der Waals surface area contributed by atoms with Gasteiger partial charge in [-0.2, -0.15) is 0 Å². The Morgan fingerprint density at radius 3 is 0.929 bits per heavy atom. The van der Waals surface area contributed by atoms with Gasteiger partial charge in [0.2, 0.25) is 0 Å². The first-order valence-electron chi connectivity index (χ1n) is 44.2. The molecule has 0 saturated heterocycles. The van der Waals surface area contributed by atoms with Crippen LogP contribution in [0.3, 0.4) is 0 Å². The van der Waals surface area contributed by atoms with E-state index in [9.17, 15) is 0 Å². The van der Waals surface area contributed by atoms with Crippen LogP contribution in [0.1, 0.15) is 52.7 Å². The average Bonchev–Trinajstić information content (AvgIpc) is 0.683. The summed E-state index contributed by atoms with van der Waals surface area (Å²) in [7, 11) is 0. The van der Waals surface area contributed by atoms with Crippen LogP contribution in [0.15, 0.2) is 419 Å². The van der Waals surface area contributed by atoms with Gasteiger partial charge in [-0.05, 0) is 252 Å². The van der Waals surface area contributed by atoms with E-state index in [1.807, 2.05) is 0 Å². The van der Waals surface area contributed by atoms with Crippen molar-refractivity contribution in [2.24, 2.45) is 0 Å². The first-order valence-corrected chi connectivity index (χ1v) is 44.2. The maximum Gasteiger partial charge on any atom is 0.252 e. The van der Waals surface area contributed by atoms with Crippen LogP contribution >= 0.6 is 0 Å². The van der Waals surface area contributed by atoms with E-state index in [1.54, 1.807) is 0 Å². The highest BCUT2D eigenvalue weighted by Gasteiger charge is 2.47. The molecule has 0 N–H and O–H groups in total. The SMILES string of the molecule is CC(C)(C)c1cccc(-c2cccc(-c3cccc(C(C)(C)C)c3)c2N2c3cc(N4c5ccccc5Oc5ccccc54)ccc3B3c4ccc(N5c6ccccc6Oc6ccccc65)cc4N(c4c(-c5ccc6c(ccc7ccccc76)c5)cccc4-c4ccc5c(ccc6ccccc65)c4)c4cc(-c5cc(-c6ccccc6)cc(-c6ccccc6)c5)cc2c43)c1. The van der Waals surface area contributed by atoms with Crippen LogP contribution in [0.5, 0.6) is 23.0 Å². The predicted octanol–water partition coefficient (Wildman–Crippen LogP) is 31.8. The Hall–Kier alpha value is -15.7.